The first-order chi connectivity index (χ1) is 30.0. The van der Waals surface area contributed by atoms with Crippen LogP contribution < -0.4 is 5.73 Å². The van der Waals surface area contributed by atoms with Crippen LogP contribution in [0, 0.1) is 0 Å². The zero-order valence-electron chi connectivity index (χ0n) is 36.6. The van der Waals surface area contributed by atoms with Crippen LogP contribution >= 0.6 is 0 Å². The third-order valence-corrected chi connectivity index (χ3v) is 14.6. The topological polar surface area (TPSA) is 30.9 Å². The predicted octanol–water partition coefficient (Wildman–Crippen LogP) is 16.5. The van der Waals surface area contributed by atoms with Gasteiger partial charge in [0.2, 0.25) is 0 Å². The predicted molar refractivity (Wildman–Crippen MR) is 261 cm³/mol. The Morgan fingerprint density at radius 2 is 0.984 bits per heavy atom. The Hall–Kier alpha value is -5.86. The van der Waals surface area contributed by atoms with Gasteiger partial charge in [0.25, 0.3) is 0 Å². The average molecular weight is 797 g/mol. The molecule has 1 aromatic heterocycles. The molecule has 0 saturated heterocycles. The molecule has 2 nitrogen and oxygen atoms in total. The van der Waals surface area contributed by atoms with E-state index in [0.717, 1.165) is 5.69 Å². The molecule has 2 N–H and O–H groups in total. The average Bonchev–Trinajstić information content (AvgIpc) is 3.90. The van der Waals surface area contributed by atoms with Crippen molar-refractivity contribution in [2.45, 2.75) is 109 Å². The van der Waals surface area contributed by atoms with Gasteiger partial charge in [-0.05, 0) is 153 Å². The molecule has 0 radical (unpaired) electrons. The lowest BCUT2D eigenvalue weighted by Crippen LogP contribution is -2.26. The van der Waals surface area contributed by atoms with E-state index in [2.05, 4.69) is 178 Å². The van der Waals surface area contributed by atoms with Gasteiger partial charge in [-0.1, -0.05) is 163 Å². The van der Waals surface area contributed by atoms with Gasteiger partial charge < -0.3 is 10.3 Å². The number of nitrogens with two attached hydrogens (primary N) is 1. The normalized spacial score (nSPS) is 15.9. The highest BCUT2D eigenvalue weighted by Gasteiger charge is 2.51. The fraction of sp³-hybridized carbons (Fsp3) is 0.288. The van der Waals surface area contributed by atoms with Crippen molar-refractivity contribution in [2.75, 3.05) is 5.73 Å². The summed E-state index contributed by atoms with van der Waals surface area (Å²) in [5.74, 6) is 1.14. The fourth-order valence-corrected chi connectivity index (χ4v) is 11.5. The van der Waals surface area contributed by atoms with Crippen LogP contribution in [0.5, 0.6) is 0 Å². The van der Waals surface area contributed by atoms with Gasteiger partial charge in [0.1, 0.15) is 0 Å². The molecule has 2 aliphatic rings. The minimum Gasteiger partial charge on any atom is -0.399 e. The Morgan fingerprint density at radius 1 is 0.459 bits per heavy atom. The van der Waals surface area contributed by atoms with E-state index < -0.39 is 5.41 Å². The highest BCUT2D eigenvalue weighted by atomic mass is 15.0. The smallest absolute Gasteiger partial charge is 0.0726 e. The molecule has 0 saturated carbocycles. The molecule has 2 aliphatic carbocycles. The summed E-state index contributed by atoms with van der Waals surface area (Å²) in [5.41, 5.74) is 26.8. The molecule has 2 heteroatoms. The molecule has 1 spiro atoms. The molecular formula is C59H60N2. The Balaban J connectivity index is 1.14. The van der Waals surface area contributed by atoms with E-state index in [1.807, 2.05) is 0 Å². The number of anilines is 1. The summed E-state index contributed by atoms with van der Waals surface area (Å²) < 4.78 is 2.57. The SMILES string of the molecule is CCCCCC(CC)c1cc(C(CC)CCCCC)cc(-n2c3ccccc3c3cc(-c4ccc5c(c4)C4(c6ccccc6-c6ccc(N)cc64)c4ccccc4-5)ccc32)c1. The lowest BCUT2D eigenvalue weighted by molar-refractivity contribution is 0.542. The van der Waals surface area contributed by atoms with Crippen LogP contribution in [0.1, 0.15) is 137 Å². The van der Waals surface area contributed by atoms with Crippen molar-refractivity contribution in [3.63, 3.8) is 0 Å². The molecule has 3 unspecified atom stereocenters. The van der Waals surface area contributed by atoms with E-state index in [1.165, 1.54) is 158 Å². The standard InChI is InChI=1S/C59H60N2/c1-5-9-11-19-39(7-3)43-33-44(40(8-4)20-12-10-6-2)35-46(34-43)61-57-26-18-15-23-51(57)52-36-41(28-32-58(52)61)42-27-30-49-47-21-13-16-24-53(47)59(55(49)37-42)54-25-17-14-22-48(54)50-31-29-45(60)38-56(50)59/h13-18,21-40H,5-12,19-20,60H2,1-4H3. The van der Waals surface area contributed by atoms with Gasteiger partial charge in [-0.3, -0.25) is 0 Å². The van der Waals surface area contributed by atoms with Crippen molar-refractivity contribution in [2.24, 2.45) is 0 Å². The van der Waals surface area contributed by atoms with Crippen molar-refractivity contribution < 1.29 is 0 Å². The van der Waals surface area contributed by atoms with Crippen molar-refractivity contribution in [3.8, 4) is 39.1 Å². The first-order valence-electron chi connectivity index (χ1n) is 23.4. The number of benzene rings is 7. The summed E-state index contributed by atoms with van der Waals surface area (Å²) in [6, 6.07) is 55.8. The summed E-state index contributed by atoms with van der Waals surface area (Å²) in [6.07, 6.45) is 12.6. The third kappa shape index (κ3) is 6.36. The third-order valence-electron chi connectivity index (χ3n) is 14.6. The van der Waals surface area contributed by atoms with Crippen LogP contribution in [-0.2, 0) is 5.41 Å². The fourth-order valence-electron chi connectivity index (χ4n) is 11.5. The van der Waals surface area contributed by atoms with Gasteiger partial charge in [-0.25, -0.2) is 0 Å². The molecule has 7 aromatic carbocycles. The summed E-state index contributed by atoms with van der Waals surface area (Å²) in [6.45, 7) is 9.42. The van der Waals surface area contributed by atoms with Gasteiger partial charge in [-0.2, -0.15) is 0 Å². The molecule has 0 amide bonds. The van der Waals surface area contributed by atoms with Gasteiger partial charge in [-0.15, -0.1) is 0 Å². The molecule has 61 heavy (non-hydrogen) atoms. The van der Waals surface area contributed by atoms with Crippen molar-refractivity contribution in [1.29, 1.82) is 0 Å². The Labute approximate surface area is 363 Å². The van der Waals surface area contributed by atoms with Crippen LogP contribution in [0.15, 0.2) is 146 Å². The second-order valence-electron chi connectivity index (χ2n) is 18.1. The second kappa shape index (κ2) is 16.2. The highest BCUT2D eigenvalue weighted by Crippen LogP contribution is 2.63. The summed E-state index contributed by atoms with van der Waals surface area (Å²) in [5, 5.41) is 2.60. The van der Waals surface area contributed by atoms with E-state index in [0.29, 0.717) is 11.8 Å². The van der Waals surface area contributed by atoms with Gasteiger partial charge >= 0.3 is 0 Å². The Morgan fingerprint density at radius 3 is 1.62 bits per heavy atom. The minimum absolute atomic E-state index is 0.439. The molecule has 306 valence electrons. The Kier molecular flexibility index (Phi) is 10.4. The maximum absolute atomic E-state index is 6.63. The summed E-state index contributed by atoms with van der Waals surface area (Å²) >= 11 is 0. The van der Waals surface area contributed by atoms with E-state index in [1.54, 1.807) is 0 Å². The minimum atomic E-state index is -0.439. The number of fused-ring (bicyclic) bond motifs is 13. The zero-order chi connectivity index (χ0) is 41.7. The van der Waals surface area contributed by atoms with Crippen LogP contribution in [0.2, 0.25) is 0 Å². The first kappa shape index (κ1) is 39.3. The number of nitrogen functional groups attached to an aromatic ring is 1. The molecule has 8 aromatic rings. The monoisotopic (exact) mass is 796 g/mol. The number of para-hydroxylation sites is 1. The molecule has 0 fully saturated rings. The lowest BCUT2D eigenvalue weighted by atomic mass is 9.70. The largest absolute Gasteiger partial charge is 0.399 e. The van der Waals surface area contributed by atoms with E-state index in [-0.39, 0.29) is 0 Å². The molecule has 10 rings (SSSR count). The summed E-state index contributed by atoms with van der Waals surface area (Å²) in [4.78, 5) is 0. The molecular weight excluding hydrogens is 737 g/mol. The number of rotatable bonds is 14. The summed E-state index contributed by atoms with van der Waals surface area (Å²) in [7, 11) is 0. The molecule has 1 heterocycles. The van der Waals surface area contributed by atoms with Crippen LogP contribution in [0.25, 0.3) is 60.9 Å². The first-order valence-corrected chi connectivity index (χ1v) is 23.4. The van der Waals surface area contributed by atoms with E-state index in [4.69, 9.17) is 5.73 Å². The van der Waals surface area contributed by atoms with Crippen molar-refractivity contribution >= 4 is 27.5 Å². The van der Waals surface area contributed by atoms with E-state index >= 15 is 0 Å². The quantitative estimate of drug-likeness (QED) is 0.0862. The molecule has 0 bridgehead atoms. The maximum Gasteiger partial charge on any atom is 0.0726 e. The molecule has 0 aliphatic heterocycles. The number of hydrogen-bond donors (Lipinski definition) is 1. The second-order valence-corrected chi connectivity index (χ2v) is 18.1. The van der Waals surface area contributed by atoms with E-state index in [9.17, 15) is 0 Å². The highest BCUT2D eigenvalue weighted by molar-refractivity contribution is 6.10. The van der Waals surface area contributed by atoms with Crippen molar-refractivity contribution in [3.05, 3.63) is 179 Å². The van der Waals surface area contributed by atoms with Gasteiger partial charge in [0.15, 0.2) is 0 Å². The van der Waals surface area contributed by atoms with Crippen LogP contribution in [-0.4, -0.2) is 4.57 Å². The zero-order valence-corrected chi connectivity index (χ0v) is 36.6. The van der Waals surface area contributed by atoms with Gasteiger partial charge in [0.05, 0.1) is 16.4 Å². The van der Waals surface area contributed by atoms with Crippen molar-refractivity contribution in [1.82, 2.24) is 4.57 Å². The number of aromatic nitrogens is 1. The Bertz CT molecular complexity index is 2860. The number of hydrogen-bond acceptors (Lipinski definition) is 1. The lowest BCUT2D eigenvalue weighted by Gasteiger charge is -2.31. The number of nitrogens with zero attached hydrogens (tertiary/aromatic N) is 1. The van der Waals surface area contributed by atoms with Gasteiger partial charge in [0, 0.05) is 22.1 Å². The number of unbranched alkanes of at least 4 members (excludes halogenated alkanes) is 4. The molecule has 3 atom stereocenters. The van der Waals surface area contributed by atoms with Crippen LogP contribution in [0.4, 0.5) is 5.69 Å². The maximum atomic E-state index is 6.63. The van der Waals surface area contributed by atoms with Crippen LogP contribution in [0.3, 0.4) is 0 Å².